The van der Waals surface area contributed by atoms with Gasteiger partial charge < -0.3 is 33.8 Å². The lowest BCUT2D eigenvalue weighted by atomic mass is 9.99. The van der Waals surface area contributed by atoms with Crippen LogP contribution >= 0.6 is 15.6 Å². The van der Waals surface area contributed by atoms with Gasteiger partial charge in [-0.15, -0.1) is 0 Å². The summed E-state index contributed by atoms with van der Waals surface area (Å²) in [4.78, 5) is 72.8. The third-order valence-electron chi connectivity index (χ3n) is 18.0. The standard InChI is InChI=1S/C76H148O17P2/c1-8-10-11-12-13-14-15-18-22-29-38-45-52-59-75(80)93-72(64-87-74(79)58-51-44-37-32-31-35-42-49-56-69(7)9-2)66-91-95(84,85)89-62-70(77)61-88-94(82,83)90-65-71(63-86-73(78)57-50-43-36-28-25-24-27-34-41-48-55-68(5)6)92-76(81)60-53-46-39-30-23-20-17-16-19-21-26-33-40-47-54-67(3)4/h67-72,77H,8-66H2,1-7H3,(H,82,83)(H,84,85)/t69?,70-,71-,72-/m1/s1. The Kier molecular flexibility index (Phi) is 65.2. The summed E-state index contributed by atoms with van der Waals surface area (Å²) in [5.41, 5.74) is 0. The molecule has 0 aromatic heterocycles. The predicted octanol–water partition coefficient (Wildman–Crippen LogP) is 22.2. The summed E-state index contributed by atoms with van der Waals surface area (Å²) >= 11 is 0. The molecule has 0 aliphatic carbocycles. The molecule has 95 heavy (non-hydrogen) atoms. The molecule has 17 nitrogen and oxygen atoms in total. The van der Waals surface area contributed by atoms with Gasteiger partial charge in [-0.1, -0.05) is 337 Å². The first kappa shape index (κ1) is 93.1. The number of carbonyl (C=O) groups excluding carboxylic acids is 4. The average Bonchev–Trinajstić information content (AvgIpc) is 1.56. The first-order valence-electron chi connectivity index (χ1n) is 39.4. The van der Waals surface area contributed by atoms with E-state index in [1.54, 1.807) is 0 Å². The first-order valence-corrected chi connectivity index (χ1v) is 42.4. The zero-order valence-corrected chi connectivity index (χ0v) is 63.9. The molecule has 0 saturated carbocycles. The van der Waals surface area contributed by atoms with Gasteiger partial charge in [0, 0.05) is 25.7 Å². The van der Waals surface area contributed by atoms with E-state index in [4.69, 9.17) is 37.0 Å². The van der Waals surface area contributed by atoms with Crippen LogP contribution in [0.1, 0.15) is 389 Å². The van der Waals surface area contributed by atoms with Crippen molar-refractivity contribution in [1.29, 1.82) is 0 Å². The molecule has 0 fully saturated rings. The van der Waals surface area contributed by atoms with Crippen LogP contribution in [0.3, 0.4) is 0 Å². The van der Waals surface area contributed by atoms with Crippen LogP contribution in [0.4, 0.5) is 0 Å². The summed E-state index contributed by atoms with van der Waals surface area (Å²) in [5.74, 6) is 0.215. The van der Waals surface area contributed by atoms with E-state index in [0.717, 1.165) is 108 Å². The Morgan fingerprint density at radius 1 is 0.305 bits per heavy atom. The van der Waals surface area contributed by atoms with Gasteiger partial charge in [-0.2, -0.15) is 0 Å². The van der Waals surface area contributed by atoms with E-state index in [0.29, 0.717) is 25.7 Å². The van der Waals surface area contributed by atoms with Crippen LogP contribution in [-0.2, 0) is 65.4 Å². The number of hydrogen-bond acceptors (Lipinski definition) is 15. The zero-order valence-electron chi connectivity index (χ0n) is 62.1. The van der Waals surface area contributed by atoms with Crippen LogP contribution in [0.15, 0.2) is 0 Å². The van der Waals surface area contributed by atoms with Crippen LogP contribution in [0, 0.1) is 17.8 Å². The Hall–Kier alpha value is -1.94. The molecule has 0 rings (SSSR count). The first-order chi connectivity index (χ1) is 45.8. The fourth-order valence-electron chi connectivity index (χ4n) is 11.6. The summed E-state index contributed by atoms with van der Waals surface area (Å²) in [6.45, 7) is 11.9. The number of aliphatic hydroxyl groups is 1. The normalized spacial score (nSPS) is 14.4. The molecule has 19 heteroatoms. The van der Waals surface area contributed by atoms with Crippen molar-refractivity contribution in [3.05, 3.63) is 0 Å². The van der Waals surface area contributed by atoms with Crippen molar-refractivity contribution in [2.75, 3.05) is 39.6 Å². The minimum absolute atomic E-state index is 0.107. The highest BCUT2D eigenvalue weighted by molar-refractivity contribution is 7.47. The number of rotatable bonds is 74. The quantitative estimate of drug-likeness (QED) is 0.0222. The van der Waals surface area contributed by atoms with Crippen LogP contribution in [0.25, 0.3) is 0 Å². The molecular formula is C76H148O17P2. The van der Waals surface area contributed by atoms with Crippen molar-refractivity contribution in [3.8, 4) is 0 Å². The SMILES string of the molecule is CCCCCCCCCCCCCCCC(=O)O[C@H](COC(=O)CCCCCCCCCCC(C)CC)COP(=O)(O)OC[C@H](O)COP(=O)(O)OC[C@@H](COC(=O)CCCCCCCCCCCCC(C)C)OC(=O)CCCCCCCCCCCCCCCCC(C)C. The molecule has 0 aromatic carbocycles. The summed E-state index contributed by atoms with van der Waals surface area (Å²) in [5, 5.41) is 10.6. The molecule has 0 amide bonds. The molecular weight excluding hydrogens is 1250 g/mol. The van der Waals surface area contributed by atoms with Gasteiger partial charge in [0.05, 0.1) is 26.4 Å². The van der Waals surface area contributed by atoms with E-state index < -0.39 is 97.5 Å². The van der Waals surface area contributed by atoms with Gasteiger partial charge in [0.1, 0.15) is 19.3 Å². The maximum absolute atomic E-state index is 13.1. The van der Waals surface area contributed by atoms with Crippen molar-refractivity contribution >= 4 is 39.5 Å². The number of ether oxygens (including phenoxy) is 4. The number of carbonyl (C=O) groups is 4. The van der Waals surface area contributed by atoms with Gasteiger partial charge in [0.15, 0.2) is 12.2 Å². The lowest BCUT2D eigenvalue weighted by Gasteiger charge is -2.21. The molecule has 3 N–H and O–H groups in total. The second-order valence-electron chi connectivity index (χ2n) is 28.6. The van der Waals surface area contributed by atoms with E-state index in [1.807, 2.05) is 0 Å². The minimum Gasteiger partial charge on any atom is -0.462 e. The zero-order chi connectivity index (χ0) is 70.1. The number of hydrogen-bond donors (Lipinski definition) is 3. The maximum Gasteiger partial charge on any atom is 0.472 e. The fourth-order valence-corrected chi connectivity index (χ4v) is 13.1. The minimum atomic E-state index is -4.96. The van der Waals surface area contributed by atoms with E-state index in [1.165, 1.54) is 199 Å². The molecule has 3 unspecified atom stereocenters. The Balaban J connectivity index is 5.27. The Morgan fingerprint density at radius 3 is 0.800 bits per heavy atom. The second kappa shape index (κ2) is 66.6. The van der Waals surface area contributed by atoms with Gasteiger partial charge in [0.25, 0.3) is 0 Å². The third kappa shape index (κ3) is 69.0. The van der Waals surface area contributed by atoms with E-state index in [-0.39, 0.29) is 25.7 Å². The molecule has 0 heterocycles. The summed E-state index contributed by atoms with van der Waals surface area (Å²) in [7, 11) is -9.91. The van der Waals surface area contributed by atoms with Gasteiger partial charge in [-0.25, -0.2) is 9.13 Å². The van der Waals surface area contributed by atoms with Crippen LogP contribution in [0.2, 0.25) is 0 Å². The van der Waals surface area contributed by atoms with Crippen molar-refractivity contribution in [3.63, 3.8) is 0 Å². The monoisotopic (exact) mass is 1400 g/mol. The van der Waals surface area contributed by atoms with E-state index in [9.17, 15) is 43.2 Å². The van der Waals surface area contributed by atoms with Gasteiger partial charge in [0.2, 0.25) is 0 Å². The molecule has 564 valence electrons. The van der Waals surface area contributed by atoms with Crippen molar-refractivity contribution in [2.45, 2.75) is 407 Å². The van der Waals surface area contributed by atoms with Crippen LogP contribution in [0.5, 0.6) is 0 Å². The topological polar surface area (TPSA) is 237 Å². The van der Waals surface area contributed by atoms with Crippen LogP contribution < -0.4 is 0 Å². The molecule has 0 aliphatic rings. The summed E-state index contributed by atoms with van der Waals surface area (Å²) in [6, 6.07) is 0. The smallest absolute Gasteiger partial charge is 0.462 e. The van der Waals surface area contributed by atoms with Gasteiger partial charge >= 0.3 is 39.5 Å². The number of phosphoric ester groups is 2. The Bertz CT molecular complexity index is 1850. The molecule has 6 atom stereocenters. The number of phosphoric acid groups is 2. The van der Waals surface area contributed by atoms with E-state index >= 15 is 0 Å². The van der Waals surface area contributed by atoms with Crippen LogP contribution in [-0.4, -0.2) is 96.7 Å². The molecule has 0 aliphatic heterocycles. The molecule has 0 bridgehead atoms. The largest absolute Gasteiger partial charge is 0.472 e. The highest BCUT2D eigenvalue weighted by atomic mass is 31.2. The van der Waals surface area contributed by atoms with E-state index in [2.05, 4.69) is 48.5 Å². The van der Waals surface area contributed by atoms with Crippen molar-refractivity contribution in [2.24, 2.45) is 17.8 Å². The predicted molar refractivity (Wildman–Crippen MR) is 386 cm³/mol. The fraction of sp³-hybridized carbons (Fsp3) is 0.947. The summed E-state index contributed by atoms with van der Waals surface area (Å²) < 4.78 is 68.6. The van der Waals surface area contributed by atoms with Crippen molar-refractivity contribution in [1.82, 2.24) is 0 Å². The second-order valence-corrected chi connectivity index (χ2v) is 31.5. The Labute approximate surface area is 581 Å². The number of esters is 4. The number of unbranched alkanes of at least 4 members (excludes halogenated alkanes) is 41. The Morgan fingerprint density at radius 2 is 0.537 bits per heavy atom. The number of aliphatic hydroxyl groups excluding tert-OH is 1. The summed E-state index contributed by atoms with van der Waals surface area (Å²) in [6.07, 6.45) is 52.5. The lowest BCUT2D eigenvalue weighted by molar-refractivity contribution is -0.161. The third-order valence-corrected chi connectivity index (χ3v) is 19.9. The van der Waals surface area contributed by atoms with Gasteiger partial charge in [-0.05, 0) is 43.4 Å². The average molecular weight is 1400 g/mol. The van der Waals surface area contributed by atoms with Crippen molar-refractivity contribution < 1.29 is 80.2 Å². The highest BCUT2D eigenvalue weighted by Crippen LogP contribution is 2.45. The molecule has 0 spiro atoms. The highest BCUT2D eigenvalue weighted by Gasteiger charge is 2.30. The maximum atomic E-state index is 13.1. The van der Waals surface area contributed by atoms with Gasteiger partial charge in [-0.3, -0.25) is 37.3 Å². The molecule has 0 radical (unpaired) electrons. The molecule has 0 saturated heterocycles. The molecule has 0 aromatic rings. The lowest BCUT2D eigenvalue weighted by Crippen LogP contribution is -2.30.